The molecular weight excluding hydrogens is 471 g/mol. The Labute approximate surface area is 214 Å². The third-order valence-electron chi connectivity index (χ3n) is 6.61. The van der Waals surface area contributed by atoms with Crippen LogP contribution < -0.4 is 10.1 Å². The number of aromatic nitrogens is 2. The number of benzene rings is 3. The van der Waals surface area contributed by atoms with Gasteiger partial charge in [0.05, 0.1) is 25.3 Å². The van der Waals surface area contributed by atoms with E-state index in [1.165, 1.54) is 16.5 Å². The summed E-state index contributed by atoms with van der Waals surface area (Å²) in [4.78, 5) is 19.4. The zero-order valence-corrected chi connectivity index (χ0v) is 20.9. The fourth-order valence-corrected chi connectivity index (χ4v) is 4.43. The molecule has 5 rings (SSSR count). The van der Waals surface area contributed by atoms with Crippen molar-refractivity contribution < 1.29 is 18.4 Å². The first kappa shape index (κ1) is 24.2. The van der Waals surface area contributed by atoms with Gasteiger partial charge >= 0.3 is 6.03 Å². The standard InChI is InChI=1S/C29H27FN4O3/c1-4-19-9-11-21(12-10-19)27-32-28(37-33-27)25-18(2)34(17-22-7-5-6-8-24(22)30)29(35)31-26(25)20-13-15-23(36-3)16-14-20/h5-16,26H,4,17H2,1-3H3,(H,31,35). The van der Waals surface area contributed by atoms with Crippen LogP contribution in [-0.2, 0) is 13.0 Å². The molecule has 2 amide bonds. The van der Waals surface area contributed by atoms with Crippen molar-refractivity contribution in [3.63, 3.8) is 0 Å². The summed E-state index contributed by atoms with van der Waals surface area (Å²) in [6.07, 6.45) is 0.935. The molecule has 0 saturated heterocycles. The Hall–Kier alpha value is -4.46. The first-order valence-electron chi connectivity index (χ1n) is 12.1. The predicted molar refractivity (Wildman–Crippen MR) is 138 cm³/mol. The number of ether oxygens (including phenoxy) is 1. The van der Waals surface area contributed by atoms with Gasteiger partial charge < -0.3 is 14.6 Å². The molecule has 7 nitrogen and oxygen atoms in total. The van der Waals surface area contributed by atoms with E-state index in [9.17, 15) is 9.18 Å². The number of carbonyl (C=O) groups is 1. The van der Waals surface area contributed by atoms with Gasteiger partial charge in [0.25, 0.3) is 5.89 Å². The summed E-state index contributed by atoms with van der Waals surface area (Å²) in [5, 5.41) is 7.26. The van der Waals surface area contributed by atoms with Crippen LogP contribution >= 0.6 is 0 Å². The number of urea groups is 1. The van der Waals surface area contributed by atoms with Crippen LogP contribution in [0.2, 0.25) is 0 Å². The topological polar surface area (TPSA) is 80.5 Å². The Morgan fingerprint density at radius 1 is 1.05 bits per heavy atom. The second kappa shape index (κ2) is 10.3. The zero-order valence-electron chi connectivity index (χ0n) is 20.9. The monoisotopic (exact) mass is 498 g/mol. The number of amides is 2. The fraction of sp³-hybridized carbons (Fsp3) is 0.207. The van der Waals surface area contributed by atoms with Crippen molar-refractivity contribution in [2.24, 2.45) is 0 Å². The lowest BCUT2D eigenvalue weighted by molar-refractivity contribution is 0.202. The molecule has 2 heterocycles. The number of nitrogens with one attached hydrogen (secondary N) is 1. The number of rotatable bonds is 7. The molecular formula is C29H27FN4O3. The minimum atomic E-state index is -0.550. The number of hydrogen-bond donors (Lipinski definition) is 1. The van der Waals surface area contributed by atoms with Crippen molar-refractivity contribution in [2.45, 2.75) is 32.9 Å². The minimum Gasteiger partial charge on any atom is -0.497 e. The average molecular weight is 499 g/mol. The van der Waals surface area contributed by atoms with Crippen LogP contribution in [0.15, 0.2) is 83.0 Å². The van der Waals surface area contributed by atoms with Crippen molar-refractivity contribution in [1.29, 1.82) is 0 Å². The van der Waals surface area contributed by atoms with Gasteiger partial charge in [-0.1, -0.05) is 66.7 Å². The van der Waals surface area contributed by atoms with Crippen molar-refractivity contribution in [3.05, 3.63) is 107 Å². The maximum atomic E-state index is 14.4. The molecule has 8 heteroatoms. The number of halogens is 1. The van der Waals surface area contributed by atoms with Crippen LogP contribution in [-0.4, -0.2) is 28.2 Å². The van der Waals surface area contributed by atoms with Gasteiger partial charge in [-0.3, -0.25) is 4.90 Å². The molecule has 1 atom stereocenters. The summed E-state index contributed by atoms with van der Waals surface area (Å²) < 4.78 is 25.5. The smallest absolute Gasteiger partial charge is 0.322 e. The normalized spacial score (nSPS) is 15.6. The molecule has 0 spiro atoms. The van der Waals surface area contributed by atoms with Gasteiger partial charge in [0.2, 0.25) is 5.82 Å². The van der Waals surface area contributed by atoms with E-state index in [1.807, 2.05) is 55.5 Å². The van der Waals surface area contributed by atoms with E-state index in [4.69, 9.17) is 14.2 Å². The molecule has 0 fully saturated rings. The molecule has 37 heavy (non-hydrogen) atoms. The lowest BCUT2D eigenvalue weighted by Crippen LogP contribution is -2.45. The van der Waals surface area contributed by atoms with Gasteiger partial charge in [-0.05, 0) is 42.7 Å². The Morgan fingerprint density at radius 2 is 1.78 bits per heavy atom. The summed E-state index contributed by atoms with van der Waals surface area (Å²) in [5.74, 6) is 1.05. The first-order valence-corrected chi connectivity index (χ1v) is 12.1. The number of aryl methyl sites for hydroxylation is 1. The van der Waals surface area contributed by atoms with Crippen molar-refractivity contribution in [2.75, 3.05) is 7.11 Å². The summed E-state index contributed by atoms with van der Waals surface area (Å²) >= 11 is 0. The molecule has 1 aliphatic rings. The van der Waals surface area contributed by atoms with E-state index in [1.54, 1.807) is 25.3 Å². The van der Waals surface area contributed by atoms with Crippen LogP contribution in [0.4, 0.5) is 9.18 Å². The third kappa shape index (κ3) is 4.82. The SMILES string of the molecule is CCc1ccc(-c2noc(C3=C(C)N(Cc4ccccc4F)C(=O)NC3c3ccc(OC)cc3)n2)cc1. The van der Waals surface area contributed by atoms with Gasteiger partial charge in [0.15, 0.2) is 0 Å². The second-order valence-electron chi connectivity index (χ2n) is 8.81. The molecule has 3 aromatic carbocycles. The molecule has 4 aromatic rings. The lowest BCUT2D eigenvalue weighted by Gasteiger charge is -2.35. The summed E-state index contributed by atoms with van der Waals surface area (Å²) in [7, 11) is 1.60. The highest BCUT2D eigenvalue weighted by atomic mass is 19.1. The van der Waals surface area contributed by atoms with E-state index in [0.717, 1.165) is 17.5 Å². The van der Waals surface area contributed by atoms with Gasteiger partial charge in [-0.15, -0.1) is 0 Å². The Bertz CT molecular complexity index is 1440. The van der Waals surface area contributed by atoms with E-state index in [2.05, 4.69) is 17.4 Å². The highest BCUT2D eigenvalue weighted by Gasteiger charge is 2.36. The zero-order chi connectivity index (χ0) is 25.9. The molecule has 0 saturated carbocycles. The third-order valence-corrected chi connectivity index (χ3v) is 6.61. The molecule has 0 bridgehead atoms. The van der Waals surface area contributed by atoms with Crippen LogP contribution in [0.3, 0.4) is 0 Å². The van der Waals surface area contributed by atoms with Crippen LogP contribution in [0.5, 0.6) is 5.75 Å². The summed E-state index contributed by atoms with van der Waals surface area (Å²) in [6.45, 7) is 3.97. The highest BCUT2D eigenvalue weighted by molar-refractivity contribution is 5.87. The molecule has 0 radical (unpaired) electrons. The van der Waals surface area contributed by atoms with Crippen molar-refractivity contribution in [1.82, 2.24) is 20.4 Å². The quantitative estimate of drug-likeness (QED) is 0.331. The maximum absolute atomic E-state index is 14.4. The number of allylic oxidation sites excluding steroid dienone is 1. The second-order valence-corrected chi connectivity index (χ2v) is 8.81. The largest absolute Gasteiger partial charge is 0.497 e. The molecule has 1 N–H and O–H groups in total. The van der Waals surface area contributed by atoms with Crippen molar-refractivity contribution in [3.8, 4) is 17.1 Å². The Morgan fingerprint density at radius 3 is 2.46 bits per heavy atom. The summed E-state index contributed by atoms with van der Waals surface area (Å²) in [6, 6.07) is 20.9. The first-order chi connectivity index (χ1) is 18.0. The molecule has 188 valence electrons. The van der Waals surface area contributed by atoms with Gasteiger partial charge in [-0.2, -0.15) is 4.98 Å². The van der Waals surface area contributed by atoms with Crippen LogP contribution in [0.1, 0.15) is 42.5 Å². The van der Waals surface area contributed by atoms with E-state index in [-0.39, 0.29) is 24.3 Å². The minimum absolute atomic E-state index is 0.0582. The van der Waals surface area contributed by atoms with Crippen LogP contribution in [0, 0.1) is 5.82 Å². The van der Waals surface area contributed by atoms with Gasteiger partial charge in [0, 0.05) is 16.8 Å². The van der Waals surface area contributed by atoms with E-state index < -0.39 is 6.04 Å². The fourth-order valence-electron chi connectivity index (χ4n) is 4.43. The molecule has 1 unspecified atom stereocenters. The number of carbonyl (C=O) groups excluding carboxylic acids is 1. The van der Waals surface area contributed by atoms with Crippen molar-refractivity contribution >= 4 is 11.6 Å². The Balaban J connectivity index is 1.58. The number of methoxy groups -OCH3 is 1. The predicted octanol–water partition coefficient (Wildman–Crippen LogP) is 6.14. The Kier molecular flexibility index (Phi) is 6.72. The molecule has 0 aliphatic carbocycles. The van der Waals surface area contributed by atoms with E-state index >= 15 is 0 Å². The van der Waals surface area contributed by atoms with E-state index in [0.29, 0.717) is 28.4 Å². The lowest BCUT2D eigenvalue weighted by atomic mass is 9.94. The van der Waals surface area contributed by atoms with Gasteiger partial charge in [-0.25, -0.2) is 9.18 Å². The molecule has 1 aromatic heterocycles. The summed E-state index contributed by atoms with van der Waals surface area (Å²) in [5.41, 5.74) is 4.51. The average Bonchev–Trinajstić information content (AvgIpc) is 3.41. The van der Waals surface area contributed by atoms with Crippen LogP contribution in [0.25, 0.3) is 17.0 Å². The molecule has 1 aliphatic heterocycles. The maximum Gasteiger partial charge on any atom is 0.322 e. The number of nitrogens with zero attached hydrogens (tertiary/aromatic N) is 3. The highest BCUT2D eigenvalue weighted by Crippen LogP contribution is 2.38. The van der Waals surface area contributed by atoms with Gasteiger partial charge in [0.1, 0.15) is 11.6 Å². The number of hydrogen-bond acceptors (Lipinski definition) is 5.